The van der Waals surface area contributed by atoms with Crippen LogP contribution >= 0.6 is 0 Å². The van der Waals surface area contributed by atoms with Crippen molar-refractivity contribution in [1.29, 1.82) is 0 Å². The molecule has 0 saturated carbocycles. The molecule has 0 bridgehead atoms. The average Bonchev–Trinajstić information content (AvgIpc) is 1.99. The van der Waals surface area contributed by atoms with Crippen molar-refractivity contribution in [3.63, 3.8) is 0 Å². The van der Waals surface area contributed by atoms with Crippen LogP contribution in [0.3, 0.4) is 0 Å². The van der Waals surface area contributed by atoms with Crippen molar-refractivity contribution in [2.75, 3.05) is 0 Å². The zero-order valence-corrected chi connectivity index (χ0v) is 11.8. The predicted molar refractivity (Wildman–Crippen MR) is 65.4 cm³/mol. The van der Waals surface area contributed by atoms with E-state index in [1.807, 2.05) is 6.92 Å². The fraction of sp³-hybridized carbons (Fsp3) is 0.500. The average molecular weight is 216 g/mol. The molecule has 0 aromatic heterocycles. The minimum atomic E-state index is -1.50. The van der Waals surface area contributed by atoms with E-state index in [0.717, 1.165) is 24.2 Å². The van der Waals surface area contributed by atoms with E-state index in [0.29, 0.717) is 0 Å². The summed E-state index contributed by atoms with van der Waals surface area (Å²) in [5.74, 6) is 0.894. The third-order valence-corrected chi connectivity index (χ3v) is 2.36. The van der Waals surface area contributed by atoms with Gasteiger partial charge in [0.25, 0.3) is 0 Å². The Kier molecular flexibility index (Phi) is 9.24. The molecule has 0 radical (unpaired) electrons. The second-order valence-electron chi connectivity index (χ2n) is 4.41. The van der Waals surface area contributed by atoms with Gasteiger partial charge in [-0.2, -0.15) is 0 Å². The quantitative estimate of drug-likeness (QED) is 0.279. The molecule has 3 heteroatoms. The van der Waals surface area contributed by atoms with Crippen LogP contribution in [0.5, 0.6) is 0 Å². The van der Waals surface area contributed by atoms with Gasteiger partial charge < -0.3 is 11.0 Å². The Morgan fingerprint density at radius 1 is 1.40 bits per heavy atom. The molecule has 15 heavy (non-hydrogen) atoms. The third kappa shape index (κ3) is 11.8. The van der Waals surface area contributed by atoms with Crippen molar-refractivity contribution in [2.45, 2.75) is 39.4 Å². The zero-order chi connectivity index (χ0) is 11.2. The van der Waals surface area contributed by atoms with Crippen LogP contribution in [0.15, 0.2) is 30.1 Å². The van der Waals surface area contributed by atoms with Gasteiger partial charge in [-0.25, -0.2) is 0 Å². The van der Waals surface area contributed by atoms with E-state index >= 15 is 0 Å². The second-order valence-corrected chi connectivity index (χ2v) is 8.84. The van der Waals surface area contributed by atoms with Gasteiger partial charge >= 0.3 is 18.9 Å². The number of allylic oxidation sites excluding steroid dienone is 3. The van der Waals surface area contributed by atoms with Crippen molar-refractivity contribution in [1.82, 2.24) is 0 Å². The topological polar surface area (TPSA) is 9.23 Å². The van der Waals surface area contributed by atoms with Crippen LogP contribution in [-0.2, 0) is 4.43 Å². The Balaban J connectivity index is 0. The first-order chi connectivity index (χ1) is 6.35. The molecule has 0 atom stereocenters. The minimum Gasteiger partial charge on any atom is -0.545 e. The first-order valence-electron chi connectivity index (χ1n) is 4.94. The van der Waals surface area contributed by atoms with Gasteiger partial charge in [0.05, 0.1) is 5.76 Å². The van der Waals surface area contributed by atoms with Crippen molar-refractivity contribution >= 4 is 8.32 Å². The van der Waals surface area contributed by atoms with E-state index in [9.17, 15) is 0 Å². The van der Waals surface area contributed by atoms with E-state index < -0.39 is 8.32 Å². The van der Waals surface area contributed by atoms with Gasteiger partial charge in [-0.15, -0.1) is 0 Å². The van der Waals surface area contributed by atoms with Crippen LogP contribution < -0.4 is 18.9 Å². The minimum absolute atomic E-state index is 0. The molecule has 0 fully saturated rings. The SMILES string of the molecule is [CH-]=C(C)CC/C=C(\C=C)O[Si](C)(C)C.[Li+]. The van der Waals surface area contributed by atoms with Crippen LogP contribution in [0, 0.1) is 6.58 Å². The monoisotopic (exact) mass is 216 g/mol. The van der Waals surface area contributed by atoms with E-state index in [-0.39, 0.29) is 18.9 Å². The first-order valence-corrected chi connectivity index (χ1v) is 8.35. The Hall–Kier alpha value is -0.166. The summed E-state index contributed by atoms with van der Waals surface area (Å²) in [5, 5.41) is 0. The van der Waals surface area contributed by atoms with Crippen LogP contribution in [0.1, 0.15) is 19.8 Å². The smallest absolute Gasteiger partial charge is 0.545 e. The molecule has 1 nitrogen and oxygen atoms in total. The predicted octanol–water partition coefficient (Wildman–Crippen LogP) is 1.07. The van der Waals surface area contributed by atoms with Gasteiger partial charge in [0.15, 0.2) is 0 Å². The maximum atomic E-state index is 5.80. The second kappa shape index (κ2) is 8.04. The van der Waals surface area contributed by atoms with Gasteiger partial charge in [-0.05, 0) is 38.2 Å². The van der Waals surface area contributed by atoms with E-state index in [1.54, 1.807) is 6.08 Å². The Labute approximate surface area is 108 Å². The van der Waals surface area contributed by atoms with Crippen LogP contribution in [0.25, 0.3) is 0 Å². The summed E-state index contributed by atoms with van der Waals surface area (Å²) in [6.07, 6.45) is 5.66. The molecule has 0 rings (SSSR count). The molecule has 0 spiro atoms. The van der Waals surface area contributed by atoms with Crippen LogP contribution in [0.4, 0.5) is 0 Å². The molecule has 0 aromatic carbocycles. The van der Waals surface area contributed by atoms with Gasteiger partial charge in [-0.1, -0.05) is 19.9 Å². The first kappa shape index (κ1) is 17.2. The van der Waals surface area contributed by atoms with Crippen molar-refractivity contribution in [3.05, 3.63) is 36.6 Å². The number of rotatable bonds is 6. The summed E-state index contributed by atoms with van der Waals surface area (Å²) >= 11 is 0. The Bertz CT molecular complexity index is 238. The van der Waals surface area contributed by atoms with Crippen molar-refractivity contribution in [2.24, 2.45) is 0 Å². The third-order valence-electron chi connectivity index (χ3n) is 1.51. The van der Waals surface area contributed by atoms with E-state index in [2.05, 4.69) is 32.3 Å². The van der Waals surface area contributed by atoms with E-state index in [4.69, 9.17) is 11.0 Å². The molecular formula is C12H21LiOSi. The fourth-order valence-corrected chi connectivity index (χ4v) is 1.84. The molecule has 0 aliphatic heterocycles. The largest absolute Gasteiger partial charge is 1.00 e. The molecule has 80 valence electrons. The van der Waals surface area contributed by atoms with Gasteiger partial charge in [0.1, 0.15) is 0 Å². The van der Waals surface area contributed by atoms with Crippen molar-refractivity contribution < 1.29 is 23.3 Å². The van der Waals surface area contributed by atoms with E-state index in [1.165, 1.54) is 0 Å². The maximum absolute atomic E-state index is 5.80. The molecule has 0 heterocycles. The summed E-state index contributed by atoms with van der Waals surface area (Å²) in [6, 6.07) is 0. The molecule has 0 unspecified atom stereocenters. The van der Waals surface area contributed by atoms with Crippen LogP contribution in [0.2, 0.25) is 19.6 Å². The summed E-state index contributed by atoms with van der Waals surface area (Å²) in [7, 11) is -1.50. The van der Waals surface area contributed by atoms with Gasteiger partial charge in [0, 0.05) is 0 Å². The number of hydrogen-bond donors (Lipinski definition) is 0. The Morgan fingerprint density at radius 3 is 2.27 bits per heavy atom. The molecule has 0 aliphatic carbocycles. The van der Waals surface area contributed by atoms with Crippen LogP contribution in [-0.4, -0.2) is 8.32 Å². The molecule has 0 aromatic rings. The molecule has 0 saturated heterocycles. The summed E-state index contributed by atoms with van der Waals surface area (Å²) in [6.45, 7) is 17.7. The normalized spacial score (nSPS) is 11.6. The van der Waals surface area contributed by atoms with Crippen molar-refractivity contribution in [3.8, 4) is 0 Å². The maximum Gasteiger partial charge on any atom is 1.00 e. The zero-order valence-electron chi connectivity index (χ0n) is 10.8. The molecule has 0 N–H and O–H groups in total. The molecule has 0 aliphatic rings. The fourth-order valence-electron chi connectivity index (χ4n) is 0.962. The van der Waals surface area contributed by atoms with Gasteiger partial charge in [0.2, 0.25) is 8.32 Å². The standard InChI is InChI=1S/C12H21OSi.Li/c1-7-12(13-14(4,5)6)10-8-9-11(2)3;/h2,7,10H,1,8-9H2,3-6H3;/q-1;+1/b12-10+;. The Morgan fingerprint density at radius 2 is 1.93 bits per heavy atom. The summed E-state index contributed by atoms with van der Waals surface area (Å²) in [4.78, 5) is 0. The molecule has 0 amide bonds. The van der Waals surface area contributed by atoms with Gasteiger partial charge in [-0.3, -0.25) is 5.57 Å². The molecular weight excluding hydrogens is 195 g/mol. The number of hydrogen-bond acceptors (Lipinski definition) is 1. The summed E-state index contributed by atoms with van der Waals surface area (Å²) in [5.41, 5.74) is 0.956. The summed E-state index contributed by atoms with van der Waals surface area (Å²) < 4.78 is 5.80.